The van der Waals surface area contributed by atoms with Crippen molar-refractivity contribution in [2.45, 2.75) is 24.2 Å². The van der Waals surface area contributed by atoms with E-state index in [2.05, 4.69) is 19.6 Å². The van der Waals surface area contributed by atoms with Crippen LogP contribution in [0.5, 0.6) is 0 Å². The molecule has 0 amide bonds. The fraction of sp³-hybridized carbons (Fsp3) is 0.278. The highest BCUT2D eigenvalue weighted by Gasteiger charge is 2.20. The smallest absolute Gasteiger partial charge is 0.323 e. The van der Waals surface area contributed by atoms with Crippen molar-refractivity contribution in [3.05, 3.63) is 52.9 Å². The molecule has 3 aromatic rings. The van der Waals surface area contributed by atoms with Crippen LogP contribution in [0, 0.1) is 0 Å². The first kappa shape index (κ1) is 16.7. The van der Waals surface area contributed by atoms with Gasteiger partial charge < -0.3 is 14.9 Å². The summed E-state index contributed by atoms with van der Waals surface area (Å²) in [4.78, 5) is 18.9. The van der Waals surface area contributed by atoms with Gasteiger partial charge in [0.25, 0.3) is 10.0 Å². The Morgan fingerprint density at radius 1 is 0.923 bits per heavy atom. The molecule has 8 heteroatoms. The van der Waals surface area contributed by atoms with Crippen LogP contribution in [0.1, 0.15) is 19.3 Å². The molecule has 4 rings (SSSR count). The van der Waals surface area contributed by atoms with Crippen molar-refractivity contribution < 1.29 is 8.42 Å². The minimum Gasteiger partial charge on any atom is -0.370 e. The van der Waals surface area contributed by atoms with Crippen molar-refractivity contribution in [2.75, 3.05) is 22.7 Å². The lowest BCUT2D eigenvalue weighted by Crippen LogP contribution is -2.30. The highest BCUT2D eigenvalue weighted by atomic mass is 32.2. The number of imidazole rings is 1. The topological polar surface area (TPSA) is 98.1 Å². The Morgan fingerprint density at radius 3 is 2.46 bits per heavy atom. The summed E-state index contributed by atoms with van der Waals surface area (Å²) in [6, 6.07) is 12.0. The van der Waals surface area contributed by atoms with Gasteiger partial charge in [0.05, 0.1) is 27.3 Å². The molecule has 136 valence electrons. The monoisotopic (exact) mass is 372 g/mol. The Bertz CT molecular complexity index is 1090. The third kappa shape index (κ3) is 3.20. The summed E-state index contributed by atoms with van der Waals surface area (Å²) in [7, 11) is -3.77. The van der Waals surface area contributed by atoms with E-state index in [4.69, 9.17) is 0 Å². The average molecular weight is 372 g/mol. The molecule has 0 unspecified atom stereocenters. The molecule has 0 spiro atoms. The molecule has 7 nitrogen and oxygen atoms in total. The van der Waals surface area contributed by atoms with Gasteiger partial charge in [-0.1, -0.05) is 12.1 Å². The van der Waals surface area contributed by atoms with Gasteiger partial charge in [0.1, 0.15) is 0 Å². The maximum Gasteiger partial charge on any atom is 0.323 e. The molecule has 0 bridgehead atoms. The molecule has 1 aliphatic heterocycles. The second-order valence-corrected chi connectivity index (χ2v) is 8.14. The van der Waals surface area contributed by atoms with E-state index in [0.29, 0.717) is 16.7 Å². The van der Waals surface area contributed by atoms with Gasteiger partial charge in [-0.3, -0.25) is 4.72 Å². The normalized spacial score (nSPS) is 15.3. The number of benzene rings is 2. The van der Waals surface area contributed by atoms with E-state index < -0.39 is 10.0 Å². The van der Waals surface area contributed by atoms with E-state index in [0.717, 1.165) is 31.6 Å². The minimum absolute atomic E-state index is 0.105. The zero-order valence-electron chi connectivity index (χ0n) is 14.2. The van der Waals surface area contributed by atoms with E-state index in [1.54, 1.807) is 12.1 Å². The first-order valence-corrected chi connectivity index (χ1v) is 10.1. The second kappa shape index (κ2) is 6.53. The van der Waals surface area contributed by atoms with Gasteiger partial charge >= 0.3 is 5.69 Å². The number of hydrogen-bond donors (Lipinski definition) is 3. The minimum atomic E-state index is -3.77. The number of fused-ring (bicyclic) bond motifs is 1. The molecular formula is C18H20N4O3S. The zero-order chi connectivity index (χ0) is 18.1. The number of para-hydroxylation sites is 2. The van der Waals surface area contributed by atoms with Crippen molar-refractivity contribution in [3.63, 3.8) is 0 Å². The predicted molar refractivity (Wildman–Crippen MR) is 102 cm³/mol. The summed E-state index contributed by atoms with van der Waals surface area (Å²) >= 11 is 0. The molecule has 0 atom stereocenters. The van der Waals surface area contributed by atoms with Gasteiger partial charge in [-0.25, -0.2) is 13.2 Å². The third-order valence-corrected chi connectivity index (χ3v) is 6.01. The summed E-state index contributed by atoms with van der Waals surface area (Å²) in [5, 5.41) is 0. The van der Waals surface area contributed by atoms with Gasteiger partial charge in [-0.15, -0.1) is 0 Å². The van der Waals surface area contributed by atoms with Crippen LogP contribution in [0.2, 0.25) is 0 Å². The van der Waals surface area contributed by atoms with Gasteiger partial charge in [0, 0.05) is 13.1 Å². The van der Waals surface area contributed by atoms with E-state index in [-0.39, 0.29) is 10.6 Å². The zero-order valence-corrected chi connectivity index (χ0v) is 15.0. The lowest BCUT2D eigenvalue weighted by molar-refractivity contribution is 0.578. The second-order valence-electron chi connectivity index (χ2n) is 6.46. The Kier molecular flexibility index (Phi) is 4.20. The van der Waals surface area contributed by atoms with Crippen LogP contribution in [0.3, 0.4) is 0 Å². The molecule has 0 saturated carbocycles. The first-order valence-electron chi connectivity index (χ1n) is 8.62. The van der Waals surface area contributed by atoms with Gasteiger partial charge in [-0.05, 0) is 49.6 Å². The van der Waals surface area contributed by atoms with Crippen molar-refractivity contribution in [2.24, 2.45) is 0 Å². The van der Waals surface area contributed by atoms with Crippen molar-refractivity contribution >= 4 is 32.4 Å². The number of aromatic amines is 2. The Balaban J connectivity index is 1.68. The number of H-pyrrole nitrogens is 2. The van der Waals surface area contributed by atoms with Crippen LogP contribution in [-0.4, -0.2) is 31.5 Å². The number of anilines is 2. The lowest BCUT2D eigenvalue weighted by Gasteiger charge is -2.30. The summed E-state index contributed by atoms with van der Waals surface area (Å²) in [6.45, 7) is 1.85. The lowest BCUT2D eigenvalue weighted by atomic mass is 10.1. The number of piperidine rings is 1. The van der Waals surface area contributed by atoms with Gasteiger partial charge in [0.15, 0.2) is 0 Å². The standard InChI is InChI=1S/C18H20N4O3S/c23-18-19-14-9-8-13(12-16(14)20-18)26(24,25)21-15-6-2-3-7-17(15)22-10-4-1-5-11-22/h2-3,6-9,12,21H,1,4-5,10-11H2,(H2,19,20,23). The number of sulfonamides is 1. The molecule has 1 fully saturated rings. The maximum absolute atomic E-state index is 12.9. The fourth-order valence-electron chi connectivity index (χ4n) is 3.35. The van der Waals surface area contributed by atoms with Gasteiger partial charge in [-0.2, -0.15) is 0 Å². The molecule has 26 heavy (non-hydrogen) atoms. The fourth-order valence-corrected chi connectivity index (χ4v) is 4.45. The number of nitrogens with one attached hydrogen (secondary N) is 3. The number of hydrogen-bond acceptors (Lipinski definition) is 4. The highest BCUT2D eigenvalue weighted by Crippen LogP contribution is 2.30. The van der Waals surface area contributed by atoms with Gasteiger partial charge in [0.2, 0.25) is 0 Å². The van der Waals surface area contributed by atoms with Crippen LogP contribution < -0.4 is 15.3 Å². The molecule has 1 aliphatic rings. The number of rotatable bonds is 4. The predicted octanol–water partition coefficient (Wildman–Crippen LogP) is 2.65. The van der Waals surface area contributed by atoms with Crippen LogP contribution in [-0.2, 0) is 10.0 Å². The molecule has 1 saturated heterocycles. The molecular weight excluding hydrogens is 352 g/mol. The first-order chi connectivity index (χ1) is 12.5. The van der Waals surface area contributed by atoms with E-state index in [9.17, 15) is 13.2 Å². The van der Waals surface area contributed by atoms with Crippen LogP contribution >= 0.6 is 0 Å². The summed E-state index contributed by atoms with van der Waals surface area (Å²) in [5.41, 5.74) is 2.13. The SMILES string of the molecule is O=c1[nH]c2ccc(S(=O)(=O)Nc3ccccc3N3CCCCC3)cc2[nH]1. The Hall–Kier alpha value is -2.74. The average Bonchev–Trinajstić information content (AvgIpc) is 3.02. The van der Waals surface area contributed by atoms with Crippen LogP contribution in [0.25, 0.3) is 11.0 Å². The molecule has 3 N–H and O–H groups in total. The van der Waals surface area contributed by atoms with Crippen LogP contribution in [0.4, 0.5) is 11.4 Å². The van der Waals surface area contributed by atoms with Crippen molar-refractivity contribution in [3.8, 4) is 0 Å². The number of nitrogens with zero attached hydrogens (tertiary/aromatic N) is 1. The highest BCUT2D eigenvalue weighted by molar-refractivity contribution is 7.92. The molecule has 0 aliphatic carbocycles. The van der Waals surface area contributed by atoms with E-state index >= 15 is 0 Å². The van der Waals surface area contributed by atoms with E-state index in [1.165, 1.54) is 18.6 Å². The summed E-state index contributed by atoms with van der Waals surface area (Å²) < 4.78 is 28.4. The van der Waals surface area contributed by atoms with Crippen molar-refractivity contribution in [1.29, 1.82) is 0 Å². The van der Waals surface area contributed by atoms with Crippen LogP contribution in [0.15, 0.2) is 52.2 Å². The molecule has 2 heterocycles. The molecule has 2 aromatic carbocycles. The summed E-state index contributed by atoms with van der Waals surface area (Å²) in [5.74, 6) is 0. The third-order valence-electron chi connectivity index (χ3n) is 4.64. The van der Waals surface area contributed by atoms with E-state index in [1.807, 2.05) is 18.2 Å². The molecule has 0 radical (unpaired) electrons. The largest absolute Gasteiger partial charge is 0.370 e. The Morgan fingerprint density at radius 2 is 1.65 bits per heavy atom. The number of aromatic nitrogens is 2. The summed E-state index contributed by atoms with van der Waals surface area (Å²) in [6.07, 6.45) is 3.43. The maximum atomic E-state index is 12.9. The molecule has 1 aromatic heterocycles. The van der Waals surface area contributed by atoms with Crippen molar-refractivity contribution in [1.82, 2.24) is 9.97 Å². The quantitative estimate of drug-likeness (QED) is 0.656. The Labute approximate surface area is 151 Å².